The monoisotopic (exact) mass is 1820 g/mol. The maximum atomic E-state index is 15.0. The fourth-order valence-corrected chi connectivity index (χ4v) is 20.3. The number of urea groups is 1. The Balaban J connectivity index is 0.555. The highest BCUT2D eigenvalue weighted by Crippen LogP contribution is 2.61. The summed E-state index contributed by atoms with van der Waals surface area (Å²) in [5.74, 6) is -4.46. The normalized spacial score (nSPS) is 20.0. The molecule has 6 aromatic rings. The molecule has 2 fully saturated rings. The lowest BCUT2D eigenvalue weighted by Gasteiger charge is -2.56. The van der Waals surface area contributed by atoms with Crippen LogP contribution in [-0.2, 0) is 131 Å². The fourth-order valence-electron chi connectivity index (χ4n) is 20.3. The molecule has 1 aromatic heterocycles. The number of nitrogens with zero attached hydrogens (tertiary/aromatic N) is 4. The molecule has 2 saturated carbocycles. The van der Waals surface area contributed by atoms with Gasteiger partial charge in [-0.1, -0.05) is 152 Å². The maximum absolute atomic E-state index is 15.0. The number of phenols is 1. The number of aliphatic carboxylic acids is 1. The summed E-state index contributed by atoms with van der Waals surface area (Å²) in [4.78, 5) is 151. The van der Waals surface area contributed by atoms with E-state index >= 15 is 4.79 Å². The van der Waals surface area contributed by atoms with Gasteiger partial charge in [0.25, 0.3) is 0 Å². The molecule has 11 rings (SSSR count). The molecule has 4 aliphatic carbocycles. The van der Waals surface area contributed by atoms with Crippen LogP contribution in [0, 0.1) is 34.5 Å². The van der Waals surface area contributed by atoms with Crippen LogP contribution >= 0.6 is 0 Å². The number of benzene rings is 5. The number of aromatic nitrogens is 3. The van der Waals surface area contributed by atoms with Crippen molar-refractivity contribution in [1.82, 2.24) is 36.3 Å². The number of para-hydroxylation sites is 1. The van der Waals surface area contributed by atoms with Crippen LogP contribution in [0.5, 0.6) is 5.75 Å². The largest absolute Gasteiger partial charge is 0.508 e. The van der Waals surface area contributed by atoms with Gasteiger partial charge in [-0.3, -0.25) is 43.2 Å². The Bertz CT molecular complexity index is 4940. The predicted molar refractivity (Wildman–Crippen MR) is 495 cm³/mol. The molecule has 5 aromatic carbocycles. The lowest BCUT2D eigenvalue weighted by molar-refractivity contribution is -0.146. The van der Waals surface area contributed by atoms with Crippen LogP contribution in [0.4, 0.5) is 21.0 Å². The van der Waals surface area contributed by atoms with Crippen molar-refractivity contribution in [2.75, 3.05) is 116 Å². The summed E-state index contributed by atoms with van der Waals surface area (Å²) in [5.41, 5.74) is 13.8. The third-order valence-electron chi connectivity index (χ3n) is 27.5. The van der Waals surface area contributed by atoms with Crippen molar-refractivity contribution in [3.63, 3.8) is 0 Å². The van der Waals surface area contributed by atoms with E-state index < -0.39 is 76.4 Å². The second kappa shape index (κ2) is 49.4. The van der Waals surface area contributed by atoms with Gasteiger partial charge in [0.05, 0.1) is 129 Å². The second-order valence-electron chi connectivity index (χ2n) is 36.9. The second-order valence-corrected chi connectivity index (χ2v) is 36.9. The number of nitrogens with two attached hydrogens (primary N) is 1. The minimum Gasteiger partial charge on any atom is -0.508 e. The van der Waals surface area contributed by atoms with E-state index in [4.69, 9.17) is 43.6 Å². The number of carbonyl (C=O) groups is 11. The standard InChI is InChI=1S/C101H136N10O21/c1-8-9-46-125-50-54-129-57-53-128-49-45-111-94-76-19-11-10-17-73(76)65-110(81-21-13-12-20-77(81)93(94)108-109-111)90(119)36-35-88(117)103-44-48-127-52-56-131-59-58-130-55-51-126-47-38-89(118)107-92(67(2)3)83(114)62-72(18-14-43-104-96(102)123)95(122)105-74-29-23-68(24-30-74)66-132-97(124)106-80(32-37-91(120)121)82(113)61-69-22-25-70-27-33-84-98(4,78(70)60-69)39-15-41-100(84,6)86(115)64-87(116)101(7)42-16-40-99(5)79-63-75(112)31-26-71(79)28-34-85(99)101/h10-13,17,19-26,29-31,60,63,67,72,80,84-85,92,112H,8-9,14-16,18,27-28,32-59,61-62,64-66H2,1-7H3,(H,103,117)(H,105,122)(H,106,124)(H,107,118)(H,120,121)(H3,102,104,123)/t72-,80+,84-,85-,92+,98-,99-,100+,101+/m1/s1. The van der Waals surface area contributed by atoms with Crippen LogP contribution in [0.1, 0.15) is 209 Å². The summed E-state index contributed by atoms with van der Waals surface area (Å²) < 4.78 is 47.1. The molecule has 0 bridgehead atoms. The molecule has 31 nitrogen and oxygen atoms in total. The Kier molecular flexibility index (Phi) is 38.1. The number of carboxylic acids is 1. The van der Waals surface area contributed by atoms with E-state index in [1.807, 2.05) is 83.5 Å². The number of ether oxygens (including phenoxy) is 8. The van der Waals surface area contributed by atoms with Crippen molar-refractivity contribution >= 4 is 76.2 Å². The number of carbonyl (C=O) groups excluding carboxylic acids is 10. The third kappa shape index (κ3) is 27.3. The molecule has 716 valence electrons. The molecule has 0 radical (unpaired) electrons. The number of nitrogens with one attached hydrogen (secondary N) is 5. The highest BCUT2D eigenvalue weighted by Gasteiger charge is 2.58. The first-order chi connectivity index (χ1) is 63.5. The molecule has 2 heterocycles. The molecule has 0 saturated heterocycles. The van der Waals surface area contributed by atoms with Crippen LogP contribution in [0.3, 0.4) is 0 Å². The zero-order valence-corrected chi connectivity index (χ0v) is 77.9. The summed E-state index contributed by atoms with van der Waals surface area (Å²) in [6, 6.07) is 30.5. The number of anilines is 2. The molecule has 7 amide bonds. The SMILES string of the molecule is CCCCOCCOCCOCCn1nnc2c1-c1ccccc1CN(C(=O)CCC(=O)NCCOCCOCCOCCOCCC(=O)N[C@H](C(=O)C[C@@H](CCCNC(N)=O)C(=O)Nc1ccc(COC(=O)N[C@@H](CCC(=O)O)C(=O)Cc3ccc4c(c3)[C@@]3(C)CCC[C@](C)(C(=O)CC(=O)[C@@]5(C)CCC[C@]6(C)c7cc(O)ccc7CC[C@@H]56)[C@@H]3CC4)cc1)C(C)C)c1ccccc1-2. The molecule has 9 atom stereocenters. The number of alkyl carbamates (subject to hydrolysis) is 1. The van der Waals surface area contributed by atoms with Gasteiger partial charge in [0.2, 0.25) is 23.6 Å². The maximum Gasteiger partial charge on any atom is 0.408 e. The molecule has 1 aliphatic heterocycles. The number of rotatable bonds is 54. The Morgan fingerprint density at radius 1 is 0.568 bits per heavy atom. The van der Waals surface area contributed by atoms with E-state index in [1.165, 1.54) is 5.56 Å². The lowest BCUT2D eigenvalue weighted by atomic mass is 9.47. The lowest BCUT2D eigenvalue weighted by Crippen LogP contribution is -2.55. The van der Waals surface area contributed by atoms with Gasteiger partial charge in [-0.2, -0.15) is 0 Å². The first kappa shape index (κ1) is 102. The Morgan fingerprint density at radius 2 is 1.15 bits per heavy atom. The van der Waals surface area contributed by atoms with Gasteiger partial charge in [-0.05, 0) is 175 Å². The fraction of sp³-hybridized carbons (Fsp3) is 0.574. The summed E-state index contributed by atoms with van der Waals surface area (Å²) in [5, 5.41) is 43.1. The average Bonchev–Trinajstić information content (AvgIpc) is 0.841. The third-order valence-corrected chi connectivity index (χ3v) is 27.5. The van der Waals surface area contributed by atoms with E-state index in [1.54, 1.807) is 49.1 Å². The Morgan fingerprint density at radius 3 is 1.78 bits per heavy atom. The molecular formula is C101H136N10O21. The van der Waals surface area contributed by atoms with Crippen LogP contribution in [0.2, 0.25) is 0 Å². The van der Waals surface area contributed by atoms with Gasteiger partial charge in [0.1, 0.15) is 29.6 Å². The zero-order chi connectivity index (χ0) is 94.4. The van der Waals surface area contributed by atoms with Crippen LogP contribution in [0.15, 0.2) is 109 Å². The van der Waals surface area contributed by atoms with Crippen molar-refractivity contribution < 1.29 is 101 Å². The first-order valence-electron chi connectivity index (χ1n) is 47.2. The van der Waals surface area contributed by atoms with E-state index in [9.17, 15) is 58.2 Å². The number of amides is 7. The topological polar surface area (TPSA) is 422 Å². The molecule has 5 aliphatic rings. The number of hydrogen-bond donors (Lipinski definition) is 8. The van der Waals surface area contributed by atoms with Crippen LogP contribution in [0.25, 0.3) is 22.5 Å². The van der Waals surface area contributed by atoms with Gasteiger partial charge in [-0.25, -0.2) is 14.3 Å². The zero-order valence-electron chi connectivity index (χ0n) is 77.9. The van der Waals surface area contributed by atoms with Gasteiger partial charge in [-0.15, -0.1) is 5.10 Å². The number of carboxylic acid groups (broad SMARTS) is 1. The van der Waals surface area contributed by atoms with E-state index in [0.717, 1.165) is 103 Å². The van der Waals surface area contributed by atoms with Crippen molar-refractivity contribution in [2.45, 2.75) is 232 Å². The van der Waals surface area contributed by atoms with Crippen LogP contribution in [-0.4, -0.2) is 208 Å². The molecule has 132 heavy (non-hydrogen) atoms. The summed E-state index contributed by atoms with van der Waals surface area (Å²) >= 11 is 0. The van der Waals surface area contributed by atoms with Gasteiger partial charge < -0.3 is 85.3 Å². The quantitative estimate of drug-likeness (QED) is 0.0130. The highest BCUT2D eigenvalue weighted by atomic mass is 16.6. The minimum absolute atomic E-state index is 0.00509. The number of aryl methyl sites for hydroxylation is 2. The summed E-state index contributed by atoms with van der Waals surface area (Å²) in [6.07, 6.45) is 8.28. The number of aromatic hydroxyl groups is 1. The first-order valence-corrected chi connectivity index (χ1v) is 47.2. The van der Waals surface area contributed by atoms with Crippen molar-refractivity contribution in [3.05, 3.63) is 148 Å². The van der Waals surface area contributed by atoms with Crippen molar-refractivity contribution in [2.24, 2.45) is 40.2 Å². The number of phenolic OH excluding ortho intramolecular Hbond substituents is 1. The summed E-state index contributed by atoms with van der Waals surface area (Å²) in [6.45, 7) is 20.0. The predicted octanol–water partition coefficient (Wildman–Crippen LogP) is 12.7. The minimum atomic E-state index is -1.22. The number of hydrogen-bond acceptors (Lipinski definition) is 22. The van der Waals surface area contributed by atoms with Gasteiger partial charge in [0.15, 0.2) is 11.6 Å². The Hall–Kier alpha value is -10.7. The van der Waals surface area contributed by atoms with E-state index in [0.29, 0.717) is 93.5 Å². The number of primary amides is 1. The average molecular weight is 1830 g/mol. The van der Waals surface area contributed by atoms with E-state index in [-0.39, 0.29) is 189 Å². The molecule has 31 heteroatoms. The van der Waals surface area contributed by atoms with Gasteiger partial charge >= 0.3 is 18.1 Å². The molecule has 0 unspecified atom stereocenters. The van der Waals surface area contributed by atoms with Crippen LogP contribution < -0.4 is 37.2 Å². The smallest absolute Gasteiger partial charge is 0.408 e. The van der Waals surface area contributed by atoms with E-state index in [2.05, 4.69) is 71.5 Å². The number of fused-ring (bicyclic) bond motifs is 11. The molecule has 0 spiro atoms. The highest BCUT2D eigenvalue weighted by molar-refractivity contribution is 6.05. The van der Waals surface area contributed by atoms with Gasteiger partial charge in [0, 0.05) is 91.8 Å². The Labute approximate surface area is 774 Å². The number of unbranched alkanes of at least 4 members (excludes halogenated alkanes) is 1. The number of ketones is 4. The number of Topliss-reactive ketones (excluding diaryl/α,β-unsaturated/α-hetero) is 4. The van der Waals surface area contributed by atoms with Crippen molar-refractivity contribution in [3.8, 4) is 28.3 Å². The molecule has 9 N–H and O–H groups in total. The van der Waals surface area contributed by atoms with Crippen molar-refractivity contribution in [1.29, 1.82) is 0 Å². The molecular weight excluding hydrogens is 1690 g/mol. The summed E-state index contributed by atoms with van der Waals surface area (Å²) in [7, 11) is 0.